The van der Waals surface area contributed by atoms with Crippen molar-refractivity contribution < 1.29 is 24.3 Å². The van der Waals surface area contributed by atoms with E-state index in [-0.39, 0.29) is 24.2 Å². The number of hydrogen-bond acceptors (Lipinski definition) is 5. The van der Waals surface area contributed by atoms with E-state index in [9.17, 15) is 14.4 Å². The minimum Gasteiger partial charge on any atom is -0.483 e. The molecular weight excluding hydrogens is 434 g/mol. The summed E-state index contributed by atoms with van der Waals surface area (Å²) < 4.78 is 0. The summed E-state index contributed by atoms with van der Waals surface area (Å²) in [6.07, 6.45) is 5.54. The van der Waals surface area contributed by atoms with Gasteiger partial charge in [-0.05, 0) is 55.5 Å². The first-order valence-corrected chi connectivity index (χ1v) is 11.4. The number of imide groups is 1. The van der Waals surface area contributed by atoms with Crippen LogP contribution < -0.4 is 10.6 Å². The molecule has 1 fully saturated rings. The maximum absolute atomic E-state index is 12.6. The number of benzene rings is 1. The number of amides is 3. The molecule has 2 heterocycles. The Kier molecular flexibility index (Phi) is 10.4. The van der Waals surface area contributed by atoms with Crippen molar-refractivity contribution in [3.8, 4) is 0 Å². The van der Waals surface area contributed by atoms with Gasteiger partial charge < -0.3 is 15.3 Å². The van der Waals surface area contributed by atoms with Crippen LogP contribution in [0, 0.1) is 0 Å². The van der Waals surface area contributed by atoms with Crippen molar-refractivity contribution in [1.82, 2.24) is 15.5 Å². The smallest absolute Gasteiger partial charge is 0.290 e. The van der Waals surface area contributed by atoms with Crippen LogP contribution in [0.3, 0.4) is 0 Å². The molecule has 0 spiro atoms. The lowest BCUT2D eigenvalue weighted by atomic mass is 9.94. The monoisotopic (exact) mass is 467 g/mol. The van der Waals surface area contributed by atoms with Crippen LogP contribution in [0.15, 0.2) is 59.7 Å². The van der Waals surface area contributed by atoms with Crippen LogP contribution in [0.1, 0.15) is 44.6 Å². The molecule has 1 saturated heterocycles. The second-order valence-corrected chi connectivity index (χ2v) is 8.18. The number of rotatable bonds is 5. The maximum atomic E-state index is 12.6. The largest absolute Gasteiger partial charge is 0.483 e. The number of carbonyl (C=O) groups excluding carboxylic acids is 3. The molecule has 3 aliphatic rings. The van der Waals surface area contributed by atoms with E-state index in [2.05, 4.69) is 36.3 Å². The lowest BCUT2D eigenvalue weighted by Gasteiger charge is -2.29. The third-order valence-electron chi connectivity index (χ3n) is 5.93. The van der Waals surface area contributed by atoms with Crippen molar-refractivity contribution >= 4 is 29.8 Å². The SMILES string of the molecule is C=C(CC)c1ccccc1.CNCC1=CC2=C(CC1)CN(C1CCC(=O)NC1=O)C2=O.O=CO. The molecule has 3 N–H and O–H groups in total. The Labute approximate surface area is 200 Å². The highest BCUT2D eigenvalue weighted by atomic mass is 16.3. The Morgan fingerprint density at radius 3 is 2.47 bits per heavy atom. The average Bonchev–Trinajstić information content (AvgIpc) is 3.16. The summed E-state index contributed by atoms with van der Waals surface area (Å²) in [5.74, 6) is -0.677. The van der Waals surface area contributed by atoms with Gasteiger partial charge in [0.15, 0.2) is 0 Å². The number of piperidine rings is 1. The van der Waals surface area contributed by atoms with E-state index in [0.717, 1.165) is 37.0 Å². The van der Waals surface area contributed by atoms with Crippen molar-refractivity contribution in [1.29, 1.82) is 0 Å². The Morgan fingerprint density at radius 1 is 1.21 bits per heavy atom. The van der Waals surface area contributed by atoms with E-state index in [0.29, 0.717) is 19.4 Å². The summed E-state index contributed by atoms with van der Waals surface area (Å²) in [6, 6.07) is 9.76. The summed E-state index contributed by atoms with van der Waals surface area (Å²) in [6.45, 7) is 7.11. The fourth-order valence-electron chi connectivity index (χ4n) is 4.11. The minimum absolute atomic E-state index is 0.0761. The number of hydrogen-bond donors (Lipinski definition) is 3. The first-order valence-electron chi connectivity index (χ1n) is 11.4. The van der Waals surface area contributed by atoms with Gasteiger partial charge in [-0.15, -0.1) is 0 Å². The molecule has 0 bridgehead atoms. The van der Waals surface area contributed by atoms with Gasteiger partial charge in [-0.3, -0.25) is 24.5 Å². The molecule has 182 valence electrons. The fraction of sp³-hybridized carbons (Fsp3) is 0.385. The molecule has 0 saturated carbocycles. The van der Waals surface area contributed by atoms with Gasteiger partial charge in [0.2, 0.25) is 11.8 Å². The van der Waals surface area contributed by atoms with Crippen LogP contribution in [0.5, 0.6) is 0 Å². The number of carbonyl (C=O) groups is 4. The Hall–Kier alpha value is -3.52. The third kappa shape index (κ3) is 6.99. The zero-order valence-corrected chi connectivity index (χ0v) is 19.8. The van der Waals surface area contributed by atoms with Gasteiger partial charge in [-0.1, -0.05) is 49.4 Å². The molecule has 0 radical (unpaired) electrons. The summed E-state index contributed by atoms with van der Waals surface area (Å²) in [7, 11) is 1.89. The Balaban J connectivity index is 0.000000263. The molecule has 0 aromatic heterocycles. The van der Waals surface area contributed by atoms with Gasteiger partial charge in [-0.25, -0.2) is 0 Å². The average molecular weight is 468 g/mol. The van der Waals surface area contributed by atoms with Crippen LogP contribution in [0.25, 0.3) is 5.57 Å². The number of carboxylic acid groups (broad SMARTS) is 1. The maximum Gasteiger partial charge on any atom is 0.290 e. The van der Waals surface area contributed by atoms with E-state index < -0.39 is 6.04 Å². The van der Waals surface area contributed by atoms with Gasteiger partial charge in [-0.2, -0.15) is 0 Å². The molecule has 2 aliphatic heterocycles. The van der Waals surface area contributed by atoms with E-state index >= 15 is 0 Å². The lowest BCUT2D eigenvalue weighted by molar-refractivity contribution is -0.142. The van der Waals surface area contributed by atoms with Gasteiger partial charge in [0.25, 0.3) is 12.4 Å². The van der Waals surface area contributed by atoms with Gasteiger partial charge in [0.1, 0.15) is 6.04 Å². The minimum atomic E-state index is -0.512. The van der Waals surface area contributed by atoms with Crippen molar-refractivity contribution in [3.05, 3.63) is 65.3 Å². The van der Waals surface area contributed by atoms with Gasteiger partial charge in [0, 0.05) is 25.1 Å². The Bertz CT molecular complexity index is 981. The first kappa shape index (κ1) is 26.7. The highest BCUT2D eigenvalue weighted by Gasteiger charge is 2.40. The zero-order chi connectivity index (χ0) is 25.1. The molecule has 1 aromatic carbocycles. The summed E-state index contributed by atoms with van der Waals surface area (Å²) >= 11 is 0. The highest BCUT2D eigenvalue weighted by molar-refractivity contribution is 6.06. The van der Waals surface area contributed by atoms with E-state index in [1.165, 1.54) is 16.7 Å². The second kappa shape index (κ2) is 13.3. The zero-order valence-electron chi connectivity index (χ0n) is 19.8. The molecule has 3 amide bonds. The molecule has 1 aromatic rings. The molecule has 1 unspecified atom stereocenters. The quantitative estimate of drug-likeness (QED) is 0.453. The number of nitrogens with one attached hydrogen (secondary N) is 2. The number of likely N-dealkylation sites (N-methyl/N-ethyl adjacent to an activating group) is 1. The van der Waals surface area contributed by atoms with Crippen LogP contribution >= 0.6 is 0 Å². The van der Waals surface area contributed by atoms with Crippen molar-refractivity contribution in [2.75, 3.05) is 20.1 Å². The lowest BCUT2D eigenvalue weighted by Crippen LogP contribution is -2.53. The van der Waals surface area contributed by atoms with Crippen LogP contribution in [0.4, 0.5) is 0 Å². The summed E-state index contributed by atoms with van der Waals surface area (Å²) in [5.41, 5.74) is 5.54. The molecule has 1 atom stereocenters. The normalized spacial score (nSPS) is 19.1. The van der Waals surface area contributed by atoms with Crippen molar-refractivity contribution in [2.24, 2.45) is 0 Å². The van der Waals surface area contributed by atoms with Crippen LogP contribution in [0.2, 0.25) is 0 Å². The molecular formula is C26H33N3O5. The first-order chi connectivity index (χ1) is 16.4. The topological polar surface area (TPSA) is 116 Å². The predicted octanol–water partition coefficient (Wildman–Crippen LogP) is 2.68. The van der Waals surface area contributed by atoms with Crippen molar-refractivity contribution in [2.45, 2.75) is 45.1 Å². The highest BCUT2D eigenvalue weighted by Crippen LogP contribution is 2.33. The summed E-state index contributed by atoms with van der Waals surface area (Å²) in [5, 5.41) is 12.3. The molecule has 8 nitrogen and oxygen atoms in total. The van der Waals surface area contributed by atoms with Crippen molar-refractivity contribution in [3.63, 3.8) is 0 Å². The number of allylic oxidation sites excluding steroid dienone is 1. The predicted molar refractivity (Wildman–Crippen MR) is 131 cm³/mol. The molecule has 4 rings (SSSR count). The van der Waals surface area contributed by atoms with Crippen LogP contribution in [-0.4, -0.2) is 60.4 Å². The van der Waals surface area contributed by atoms with Crippen LogP contribution in [-0.2, 0) is 19.2 Å². The Morgan fingerprint density at radius 2 is 1.88 bits per heavy atom. The van der Waals surface area contributed by atoms with E-state index in [4.69, 9.17) is 9.90 Å². The molecule has 8 heteroatoms. The van der Waals surface area contributed by atoms with E-state index in [1.54, 1.807) is 4.90 Å². The second-order valence-electron chi connectivity index (χ2n) is 8.18. The van der Waals surface area contributed by atoms with Gasteiger partial charge in [0.05, 0.1) is 0 Å². The standard InChI is InChI=1S/C15H19N3O3.C10H12.CH2O2/c1-16-7-9-2-3-10-8-18(15(21)11(10)6-9)12-4-5-13(19)17-14(12)20;1-3-9(2)10-7-5-4-6-8-10;2-1-3/h6,12,16H,2-5,7-8H2,1H3,(H,17,19,20);4-8H,2-3H2,1H3;1H,(H,2,3). The van der Waals surface area contributed by atoms with E-state index in [1.807, 2.05) is 31.3 Å². The summed E-state index contributed by atoms with van der Waals surface area (Å²) in [4.78, 5) is 45.7. The molecule has 1 aliphatic carbocycles. The third-order valence-corrected chi connectivity index (χ3v) is 5.93. The number of nitrogens with zero attached hydrogens (tertiary/aromatic N) is 1. The molecule has 34 heavy (non-hydrogen) atoms. The fourth-order valence-corrected chi connectivity index (χ4v) is 4.11. The van der Waals surface area contributed by atoms with Gasteiger partial charge >= 0.3 is 0 Å².